The lowest BCUT2D eigenvalue weighted by molar-refractivity contribution is 0.105. The van der Waals surface area contributed by atoms with Gasteiger partial charge in [-0.2, -0.15) is 4.21 Å². The Kier molecular flexibility index (Phi) is 1.51. The van der Waals surface area contributed by atoms with E-state index in [1.165, 1.54) is 0 Å². The van der Waals surface area contributed by atoms with Gasteiger partial charge in [0.05, 0.1) is 0 Å². The van der Waals surface area contributed by atoms with Crippen LogP contribution >= 0.6 is 0 Å². The second-order valence-corrected chi connectivity index (χ2v) is 2.80. The fourth-order valence-electron chi connectivity index (χ4n) is 0.125. The summed E-state index contributed by atoms with van der Waals surface area (Å²) in [6, 6.07) is 0. The van der Waals surface area contributed by atoms with Crippen molar-refractivity contribution in [1.29, 1.82) is 0 Å². The summed E-state index contributed by atoms with van der Waals surface area (Å²) >= 11 is 0. The molecule has 56 valence electrons. The molecule has 0 aliphatic carbocycles. The van der Waals surface area contributed by atoms with E-state index in [2.05, 4.69) is 4.18 Å². The Balaban J connectivity index is 4.24. The largest absolute Gasteiger partial charge is 0.523 e. The molecule has 0 aromatic heterocycles. The monoisotopic (exact) mass is 160 g/mol. The Morgan fingerprint density at radius 3 is 1.67 bits per heavy atom. The Labute approximate surface area is 49.3 Å². The third kappa shape index (κ3) is 7.30. The van der Waals surface area contributed by atoms with E-state index >= 15 is 0 Å². The van der Waals surface area contributed by atoms with Crippen LogP contribution in [0.2, 0.25) is 0 Å². The van der Waals surface area contributed by atoms with E-state index in [1.54, 1.807) is 0 Å². The summed E-state index contributed by atoms with van der Waals surface area (Å²) < 4.78 is 35.6. The second-order valence-electron chi connectivity index (χ2n) is 1.11. The molecule has 0 heterocycles. The lowest BCUT2D eigenvalue weighted by Crippen LogP contribution is -2.34. The predicted molar refractivity (Wildman–Crippen MR) is 25.1 cm³/mol. The molecule has 0 aromatic rings. The van der Waals surface area contributed by atoms with Gasteiger partial charge in [-0.05, 0) is 0 Å². The van der Waals surface area contributed by atoms with Crippen LogP contribution in [-0.4, -0.2) is 29.1 Å². The Bertz CT molecular complexity index is 174. The minimum atomic E-state index is -6.30. The number of rotatable bonds is 1. The van der Waals surface area contributed by atoms with Crippen molar-refractivity contribution < 1.29 is 32.0 Å². The molecule has 0 saturated carbocycles. The highest BCUT2D eigenvalue weighted by Crippen LogP contribution is 2.10. The van der Waals surface area contributed by atoms with Crippen LogP contribution < -0.4 is 0 Å². The number of carbonyl (C=O) groups is 1. The first-order valence-electron chi connectivity index (χ1n) is 1.51. The maximum Gasteiger partial charge on any atom is 0.523 e. The Hall–Kier alpha value is -0.700. The molecule has 8 heteroatoms. The van der Waals surface area contributed by atoms with Crippen LogP contribution in [0.15, 0.2) is 0 Å². The van der Waals surface area contributed by atoms with E-state index in [4.69, 9.17) is 18.8 Å². The molecule has 0 fully saturated rings. The van der Waals surface area contributed by atoms with Crippen LogP contribution in [0.4, 0.5) is 4.79 Å². The molecule has 0 amide bonds. The lowest BCUT2D eigenvalue weighted by atomic mass is 11.5. The molecule has 4 N–H and O–H groups in total. The lowest BCUT2D eigenvalue weighted by Gasteiger charge is -2.18. The van der Waals surface area contributed by atoms with Crippen molar-refractivity contribution in [3.63, 3.8) is 0 Å². The third-order valence-corrected chi connectivity index (χ3v) is 0.651. The van der Waals surface area contributed by atoms with Gasteiger partial charge in [-0.25, -0.2) is 4.79 Å². The SMILES string of the molecule is O=C(O)OS(=O)(O)(O)O. The van der Waals surface area contributed by atoms with Crippen molar-refractivity contribution in [2.75, 3.05) is 0 Å². The van der Waals surface area contributed by atoms with Crippen molar-refractivity contribution in [2.45, 2.75) is 0 Å². The van der Waals surface area contributed by atoms with Gasteiger partial charge in [0.15, 0.2) is 0 Å². The topological polar surface area (TPSA) is 124 Å². The van der Waals surface area contributed by atoms with Crippen molar-refractivity contribution in [1.82, 2.24) is 0 Å². The van der Waals surface area contributed by atoms with Gasteiger partial charge in [-0.15, -0.1) is 0 Å². The van der Waals surface area contributed by atoms with Crippen LogP contribution in [0.1, 0.15) is 0 Å². The molecule has 0 aromatic carbocycles. The first kappa shape index (κ1) is 8.30. The van der Waals surface area contributed by atoms with E-state index < -0.39 is 16.3 Å². The molecule has 0 saturated heterocycles. The molecular weight excluding hydrogens is 156 g/mol. The van der Waals surface area contributed by atoms with E-state index in [0.29, 0.717) is 0 Å². The first-order valence-corrected chi connectivity index (χ1v) is 3.28. The van der Waals surface area contributed by atoms with Crippen molar-refractivity contribution in [3.8, 4) is 0 Å². The van der Waals surface area contributed by atoms with E-state index in [0.717, 1.165) is 0 Å². The number of hydrogen-bond donors (Lipinski definition) is 4. The standard InChI is InChI=1S/CH4O7S/c2-1(3)8-9(4,5,6)7/h(H,2,3)(H3,4,5,6,7). The zero-order chi connectivity index (χ0) is 7.73. The van der Waals surface area contributed by atoms with Gasteiger partial charge in [0.25, 0.3) is 0 Å². The fourth-order valence-corrected chi connectivity index (χ4v) is 0.374. The molecule has 9 heavy (non-hydrogen) atoms. The highest BCUT2D eigenvalue weighted by Gasteiger charge is 2.30. The Morgan fingerprint density at radius 1 is 1.33 bits per heavy atom. The van der Waals surface area contributed by atoms with Gasteiger partial charge < -0.3 is 5.11 Å². The van der Waals surface area contributed by atoms with Gasteiger partial charge in [0.2, 0.25) is 0 Å². The molecular formula is CH4O7S. The van der Waals surface area contributed by atoms with E-state index in [9.17, 15) is 9.00 Å². The normalized spacial score (nSPS) is 15.7. The summed E-state index contributed by atoms with van der Waals surface area (Å²) in [5, 5.41) is 7.54. The zero-order valence-electron chi connectivity index (χ0n) is 3.92. The molecule has 7 nitrogen and oxygen atoms in total. The molecule has 0 bridgehead atoms. The minimum absolute atomic E-state index is 2.25. The molecule has 0 aliphatic heterocycles. The summed E-state index contributed by atoms with van der Waals surface area (Å²) in [5.41, 5.74) is 0. The van der Waals surface area contributed by atoms with Crippen LogP contribution in [0.5, 0.6) is 0 Å². The van der Waals surface area contributed by atoms with Gasteiger partial charge >= 0.3 is 16.3 Å². The predicted octanol–water partition coefficient (Wildman–Crippen LogP) is -0.165. The summed E-state index contributed by atoms with van der Waals surface area (Å²) in [4.78, 5) is 9.35. The molecule has 0 atom stereocenters. The van der Waals surface area contributed by atoms with Crippen LogP contribution in [0.25, 0.3) is 0 Å². The highest BCUT2D eigenvalue weighted by atomic mass is 32.3. The molecule has 0 unspecified atom stereocenters. The summed E-state index contributed by atoms with van der Waals surface area (Å²) in [6.45, 7) is 0. The quantitative estimate of drug-likeness (QED) is 0.419. The van der Waals surface area contributed by atoms with Crippen molar-refractivity contribution >= 4 is 16.3 Å². The smallest absolute Gasteiger partial charge is 0.449 e. The van der Waals surface area contributed by atoms with E-state index in [-0.39, 0.29) is 0 Å². The van der Waals surface area contributed by atoms with E-state index in [1.807, 2.05) is 0 Å². The first-order chi connectivity index (χ1) is 3.67. The summed E-state index contributed by atoms with van der Waals surface area (Å²) in [6.07, 6.45) is -2.25. The number of carboxylic acid groups (broad SMARTS) is 1. The maximum atomic E-state index is 9.66. The molecule has 0 aliphatic rings. The van der Waals surface area contributed by atoms with Crippen LogP contribution in [0.3, 0.4) is 0 Å². The summed E-state index contributed by atoms with van der Waals surface area (Å²) in [5.74, 6) is 0. The van der Waals surface area contributed by atoms with Crippen LogP contribution in [0, 0.1) is 0 Å². The fraction of sp³-hybridized carbons (Fsp3) is 0. The molecule has 0 spiro atoms. The minimum Gasteiger partial charge on any atom is -0.449 e. The average Bonchev–Trinajstić information content (AvgIpc) is 1.16. The molecule has 0 radical (unpaired) electrons. The number of hydrogen-bond acceptors (Lipinski definition) is 3. The Morgan fingerprint density at radius 2 is 1.67 bits per heavy atom. The van der Waals surface area contributed by atoms with Gasteiger partial charge in [-0.1, -0.05) is 0 Å². The molecule has 0 rings (SSSR count). The average molecular weight is 160 g/mol. The summed E-state index contributed by atoms with van der Waals surface area (Å²) in [7, 11) is -6.30. The van der Waals surface area contributed by atoms with Gasteiger partial charge in [0, 0.05) is 0 Å². The van der Waals surface area contributed by atoms with Crippen LogP contribution in [-0.2, 0) is 14.4 Å². The van der Waals surface area contributed by atoms with Gasteiger partial charge in [0.1, 0.15) is 0 Å². The van der Waals surface area contributed by atoms with Crippen molar-refractivity contribution in [2.24, 2.45) is 0 Å². The second kappa shape index (κ2) is 1.64. The van der Waals surface area contributed by atoms with Crippen molar-refractivity contribution in [3.05, 3.63) is 0 Å². The third-order valence-electron chi connectivity index (χ3n) is 0.217. The zero-order valence-corrected chi connectivity index (χ0v) is 4.74. The highest BCUT2D eigenvalue weighted by molar-refractivity contribution is 8.00. The maximum absolute atomic E-state index is 9.66. The van der Waals surface area contributed by atoms with Gasteiger partial charge in [-0.3, -0.25) is 17.8 Å².